The molecule has 0 aromatic heterocycles. The van der Waals surface area contributed by atoms with Crippen LogP contribution in [-0.4, -0.2) is 24.1 Å². The van der Waals surface area contributed by atoms with Gasteiger partial charge in [-0.1, -0.05) is 23.0 Å². The standard InChI is InChI=1S/C4H8Cl3PS/c5-1-3-8(7,9)4-2-6/h1-4H2. The smallest absolute Gasteiger partial charge is 0.0411 e. The van der Waals surface area contributed by atoms with E-state index in [4.69, 9.17) is 46.2 Å². The van der Waals surface area contributed by atoms with Crippen molar-refractivity contribution in [3.63, 3.8) is 0 Å². The summed E-state index contributed by atoms with van der Waals surface area (Å²) in [7, 11) is 0. The summed E-state index contributed by atoms with van der Waals surface area (Å²) in [4.78, 5) is 0. The zero-order valence-corrected chi connectivity index (χ0v) is 8.80. The van der Waals surface area contributed by atoms with Gasteiger partial charge in [0.05, 0.1) is 0 Å². The second-order valence-electron chi connectivity index (χ2n) is 1.62. The fourth-order valence-corrected chi connectivity index (χ4v) is 5.00. The van der Waals surface area contributed by atoms with Crippen molar-refractivity contribution in [2.75, 3.05) is 24.1 Å². The molecule has 0 aliphatic rings. The molecule has 0 rings (SSSR count). The van der Waals surface area contributed by atoms with Crippen LogP contribution in [0.1, 0.15) is 0 Å². The predicted octanol–water partition coefficient (Wildman–Crippen LogP) is 3.10. The minimum atomic E-state index is -1.65. The molecule has 0 aromatic carbocycles. The van der Waals surface area contributed by atoms with E-state index in [0.717, 1.165) is 12.3 Å². The third kappa shape index (κ3) is 5.94. The fourth-order valence-electron chi connectivity index (χ4n) is 0.364. The van der Waals surface area contributed by atoms with Crippen molar-refractivity contribution in [1.82, 2.24) is 0 Å². The molecule has 0 heterocycles. The summed E-state index contributed by atoms with van der Waals surface area (Å²) in [5.41, 5.74) is 0. The molecule has 0 spiro atoms. The molecule has 0 nitrogen and oxygen atoms in total. The van der Waals surface area contributed by atoms with Crippen LogP contribution in [0, 0.1) is 0 Å². The lowest BCUT2D eigenvalue weighted by Gasteiger charge is -2.08. The van der Waals surface area contributed by atoms with Gasteiger partial charge in [0.1, 0.15) is 0 Å². The van der Waals surface area contributed by atoms with Crippen LogP contribution in [0.2, 0.25) is 0 Å². The molecule has 0 radical (unpaired) electrons. The largest absolute Gasteiger partial charge is 0.126 e. The topological polar surface area (TPSA) is 0 Å². The number of halogens is 3. The van der Waals surface area contributed by atoms with E-state index in [1.54, 1.807) is 0 Å². The molecule has 0 amide bonds. The second-order valence-corrected chi connectivity index (χ2v) is 9.48. The molecule has 0 atom stereocenters. The van der Waals surface area contributed by atoms with E-state index in [1.807, 2.05) is 0 Å². The fraction of sp³-hybridized carbons (Fsp3) is 1.00. The summed E-state index contributed by atoms with van der Waals surface area (Å²) in [5.74, 6) is 1.11. The maximum atomic E-state index is 5.89. The SMILES string of the molecule is S=P(Cl)(CCCl)CCCl. The predicted molar refractivity (Wildman–Crippen MR) is 51.3 cm³/mol. The molecule has 0 N–H and O–H groups in total. The zero-order chi connectivity index (χ0) is 7.33. The molecular formula is C4H8Cl3PS. The van der Waals surface area contributed by atoms with Crippen molar-refractivity contribution in [2.45, 2.75) is 0 Å². The van der Waals surface area contributed by atoms with Gasteiger partial charge in [0.25, 0.3) is 0 Å². The zero-order valence-electron chi connectivity index (χ0n) is 4.82. The van der Waals surface area contributed by atoms with Gasteiger partial charge in [0, 0.05) is 29.5 Å². The van der Waals surface area contributed by atoms with Crippen molar-refractivity contribution >= 4 is 51.6 Å². The molecule has 0 saturated carbocycles. The summed E-state index contributed by atoms with van der Waals surface area (Å²) in [5, 5.41) is -1.65. The molecule has 0 bridgehead atoms. The average molecular weight is 226 g/mol. The Bertz CT molecular complexity index is 106. The normalized spacial score (nSPS) is 11.9. The number of hydrogen-bond donors (Lipinski definition) is 0. The molecular weight excluding hydrogens is 217 g/mol. The Kier molecular flexibility index (Phi) is 6.09. The Morgan fingerprint density at radius 3 is 1.67 bits per heavy atom. The third-order valence-electron chi connectivity index (χ3n) is 0.837. The van der Waals surface area contributed by atoms with Gasteiger partial charge >= 0.3 is 0 Å². The summed E-state index contributed by atoms with van der Waals surface area (Å²) < 4.78 is 0. The van der Waals surface area contributed by atoms with Gasteiger partial charge in [-0.3, -0.25) is 0 Å². The first-order valence-electron chi connectivity index (χ1n) is 2.52. The van der Waals surface area contributed by atoms with E-state index in [2.05, 4.69) is 0 Å². The molecule has 0 unspecified atom stereocenters. The van der Waals surface area contributed by atoms with E-state index < -0.39 is 5.39 Å². The van der Waals surface area contributed by atoms with Gasteiger partial charge < -0.3 is 0 Å². The maximum absolute atomic E-state index is 5.89. The van der Waals surface area contributed by atoms with Crippen LogP contribution < -0.4 is 0 Å². The van der Waals surface area contributed by atoms with Crippen LogP contribution >= 0.6 is 39.8 Å². The van der Waals surface area contributed by atoms with Crippen LogP contribution in [-0.2, 0) is 11.8 Å². The second kappa shape index (κ2) is 5.21. The highest BCUT2D eigenvalue weighted by molar-refractivity contribution is 8.27. The summed E-state index contributed by atoms with van der Waals surface area (Å²) in [6.45, 7) is 0. The first-order valence-corrected chi connectivity index (χ1v) is 7.67. The lowest BCUT2D eigenvalue weighted by molar-refractivity contribution is 1.44. The lowest BCUT2D eigenvalue weighted by atomic mass is 10.9. The highest BCUT2D eigenvalue weighted by Crippen LogP contribution is 2.51. The van der Waals surface area contributed by atoms with Gasteiger partial charge in [-0.15, -0.1) is 23.2 Å². The van der Waals surface area contributed by atoms with Gasteiger partial charge in [0.2, 0.25) is 0 Å². The number of rotatable bonds is 4. The van der Waals surface area contributed by atoms with Crippen LogP contribution in [0.4, 0.5) is 0 Å². The van der Waals surface area contributed by atoms with Crippen molar-refractivity contribution < 1.29 is 0 Å². The van der Waals surface area contributed by atoms with Crippen LogP contribution in [0.15, 0.2) is 0 Å². The minimum Gasteiger partial charge on any atom is -0.126 e. The van der Waals surface area contributed by atoms with Crippen molar-refractivity contribution in [2.24, 2.45) is 0 Å². The quantitative estimate of drug-likeness (QED) is 0.523. The van der Waals surface area contributed by atoms with E-state index in [1.165, 1.54) is 0 Å². The summed E-state index contributed by atoms with van der Waals surface area (Å²) in [6.07, 6.45) is 1.50. The minimum absolute atomic E-state index is 0.553. The highest BCUT2D eigenvalue weighted by Gasteiger charge is 2.10. The Balaban J connectivity index is 3.58. The number of hydrogen-bond acceptors (Lipinski definition) is 1. The van der Waals surface area contributed by atoms with Crippen molar-refractivity contribution in [1.29, 1.82) is 0 Å². The lowest BCUT2D eigenvalue weighted by Crippen LogP contribution is -1.90. The van der Waals surface area contributed by atoms with Crippen LogP contribution in [0.3, 0.4) is 0 Å². The Morgan fingerprint density at radius 1 is 1.11 bits per heavy atom. The molecule has 0 saturated heterocycles. The summed E-state index contributed by atoms with van der Waals surface area (Å²) in [6, 6.07) is 0. The van der Waals surface area contributed by atoms with E-state index in [9.17, 15) is 0 Å². The van der Waals surface area contributed by atoms with Gasteiger partial charge in [-0.05, 0) is 0 Å². The first kappa shape index (κ1) is 10.5. The molecule has 5 heteroatoms. The molecule has 0 fully saturated rings. The van der Waals surface area contributed by atoms with Crippen molar-refractivity contribution in [3.8, 4) is 0 Å². The van der Waals surface area contributed by atoms with E-state index >= 15 is 0 Å². The van der Waals surface area contributed by atoms with E-state index in [0.29, 0.717) is 11.8 Å². The van der Waals surface area contributed by atoms with Gasteiger partial charge in [-0.2, -0.15) is 0 Å². The Hall–Kier alpha value is 1.52. The average Bonchev–Trinajstić information content (AvgIpc) is 1.64. The van der Waals surface area contributed by atoms with Gasteiger partial charge in [-0.25, -0.2) is 0 Å². The number of alkyl halides is 2. The first-order chi connectivity index (χ1) is 4.12. The van der Waals surface area contributed by atoms with E-state index in [-0.39, 0.29) is 0 Å². The van der Waals surface area contributed by atoms with Gasteiger partial charge in [0.15, 0.2) is 0 Å². The third-order valence-corrected chi connectivity index (χ3v) is 5.63. The monoisotopic (exact) mass is 224 g/mol. The van der Waals surface area contributed by atoms with Crippen molar-refractivity contribution in [3.05, 3.63) is 0 Å². The highest BCUT2D eigenvalue weighted by atomic mass is 35.7. The Labute approximate surface area is 75.7 Å². The molecule has 9 heavy (non-hydrogen) atoms. The summed E-state index contributed by atoms with van der Waals surface area (Å²) >= 11 is 21.9. The molecule has 0 aliphatic carbocycles. The molecule has 56 valence electrons. The van der Waals surface area contributed by atoms with Crippen LogP contribution in [0.25, 0.3) is 0 Å². The Morgan fingerprint density at radius 2 is 1.44 bits per heavy atom. The maximum Gasteiger partial charge on any atom is 0.0411 e. The molecule has 0 aromatic rings. The van der Waals surface area contributed by atoms with Crippen LogP contribution in [0.5, 0.6) is 0 Å². The molecule has 0 aliphatic heterocycles.